The van der Waals surface area contributed by atoms with Gasteiger partial charge in [0.25, 0.3) is 0 Å². The molecule has 129 heavy (non-hydrogen) atoms. The van der Waals surface area contributed by atoms with E-state index in [4.69, 9.17) is 28.0 Å². The van der Waals surface area contributed by atoms with E-state index < -0.39 is 75.3 Å². The largest absolute Gasteiger partial charge is 0.436 e. The van der Waals surface area contributed by atoms with Gasteiger partial charge < -0.3 is 32.6 Å². The quantitative estimate of drug-likeness (QED) is 0.0413. The second kappa shape index (κ2) is 32.5. The molecule has 0 bridgehead atoms. The minimum Gasteiger partial charge on any atom is -0.436 e. The molecule has 18 aromatic carbocycles. The summed E-state index contributed by atoms with van der Waals surface area (Å²) in [6, 6.07) is 103. The van der Waals surface area contributed by atoms with Gasteiger partial charge in [-0.2, -0.15) is 0 Å². The molecule has 19 nitrogen and oxygen atoms in total. The van der Waals surface area contributed by atoms with Crippen LogP contribution in [0.1, 0.15) is 41.4 Å². The molecule has 3 atom stereocenters. The Balaban J connectivity index is 0.540. The molecule has 628 valence electrons. The minimum absolute atomic E-state index is 0.00141. The zero-order valence-electron chi connectivity index (χ0n) is 67.4. The number of rotatable bonds is 19. The Morgan fingerprint density at radius 1 is 0.256 bits per heavy atom. The van der Waals surface area contributed by atoms with Gasteiger partial charge >= 0.3 is 38.6 Å². The van der Waals surface area contributed by atoms with Gasteiger partial charge in [0.15, 0.2) is 18.6 Å². The van der Waals surface area contributed by atoms with Gasteiger partial charge in [-0.3, -0.25) is 9.13 Å². The summed E-state index contributed by atoms with van der Waals surface area (Å²) >= 11 is 0. The van der Waals surface area contributed by atoms with Crippen LogP contribution in [0.5, 0.6) is 34.5 Å². The predicted molar refractivity (Wildman–Crippen MR) is 496 cm³/mol. The molecule has 0 aromatic heterocycles. The number of sulfone groups is 3. The van der Waals surface area contributed by atoms with Gasteiger partial charge in [0, 0.05) is 48.6 Å². The van der Waals surface area contributed by atoms with Crippen molar-refractivity contribution in [3.05, 3.63) is 417 Å². The number of hydrogen-bond acceptors (Lipinski definition) is 19. The average Bonchev–Trinajstić information content (AvgIpc) is 0.721. The number of carbonyl (C=O) groups excluding carboxylic acids is 4. The highest BCUT2D eigenvalue weighted by Crippen LogP contribution is 2.59. The summed E-state index contributed by atoms with van der Waals surface area (Å²) in [5.41, 5.74) is 2.87. The van der Waals surface area contributed by atoms with Crippen LogP contribution in [0.15, 0.2) is 424 Å². The molecule has 3 unspecified atom stereocenters. The number of para-hydroxylation sites is 2. The van der Waals surface area contributed by atoms with Crippen molar-refractivity contribution in [2.24, 2.45) is 0 Å². The smallest absolute Gasteiger partial charge is 0.344 e. The molecular formula is C104H65O19P3S3. The SMILES string of the molecule is O=C(Oc1cc(P2(=O)Oc3ccccc3-c3ccccc32)c(OC(=O)c2cccc3ccccc23)c2ccccc12)c1ccc(S(=O)(=O)c2ccc(S(=O)(=O)c3ccc(P(=O)(c4ccccc4)c4ccc(S(=O)(=O)c5ccc(C(=O)Oc6c(P7(=O)Oc8ccccc8-c8ccccc87)cc(OC(=O)c7cccc8ccccc78)c7ccccc67)cc5)cc4)cc3)cc2)cc1. The minimum atomic E-state index is -4.40. The van der Waals surface area contributed by atoms with E-state index in [9.17, 15) is 44.4 Å². The Hall–Kier alpha value is -15.0. The molecule has 0 saturated carbocycles. The van der Waals surface area contributed by atoms with Crippen molar-refractivity contribution in [3.8, 4) is 56.8 Å². The van der Waals surface area contributed by atoms with E-state index in [2.05, 4.69) is 0 Å². The van der Waals surface area contributed by atoms with Crippen LogP contribution in [0.4, 0.5) is 0 Å². The second-order valence-electron chi connectivity index (χ2n) is 30.4. The van der Waals surface area contributed by atoms with Crippen LogP contribution in [0.3, 0.4) is 0 Å². The molecule has 0 amide bonds. The number of hydrogen-bond donors (Lipinski definition) is 0. The van der Waals surface area contributed by atoms with Crippen LogP contribution in [0.25, 0.3) is 65.3 Å². The third-order valence-corrected chi connectivity index (χ3v) is 36.3. The first kappa shape index (κ1) is 82.3. The van der Waals surface area contributed by atoms with Crippen molar-refractivity contribution in [1.29, 1.82) is 0 Å². The Morgan fingerprint density at radius 2 is 0.543 bits per heavy atom. The number of benzene rings is 18. The van der Waals surface area contributed by atoms with Crippen LogP contribution in [-0.2, 0) is 43.2 Å². The molecule has 0 N–H and O–H groups in total. The molecule has 2 aliphatic rings. The van der Waals surface area contributed by atoms with Gasteiger partial charge in [-0.15, -0.1) is 0 Å². The number of ether oxygens (including phenoxy) is 4. The Bertz CT molecular complexity index is 8270. The Labute approximate surface area is 739 Å². The molecule has 2 heterocycles. The van der Waals surface area contributed by atoms with Crippen molar-refractivity contribution in [1.82, 2.24) is 0 Å². The van der Waals surface area contributed by atoms with Crippen LogP contribution < -0.4 is 65.1 Å². The molecule has 18 aromatic rings. The summed E-state index contributed by atoms with van der Waals surface area (Å²) in [5, 5.41) is 5.06. The summed E-state index contributed by atoms with van der Waals surface area (Å²) in [4.78, 5) is 56.6. The van der Waals surface area contributed by atoms with E-state index >= 15 is 13.7 Å². The van der Waals surface area contributed by atoms with Crippen molar-refractivity contribution in [3.63, 3.8) is 0 Å². The van der Waals surface area contributed by atoms with Gasteiger partial charge in [0.05, 0.1) is 72.8 Å². The third kappa shape index (κ3) is 14.4. The number of esters is 4. The fourth-order valence-electron chi connectivity index (χ4n) is 16.5. The molecule has 0 saturated heterocycles. The highest BCUT2D eigenvalue weighted by Gasteiger charge is 2.45. The van der Waals surface area contributed by atoms with Crippen LogP contribution >= 0.6 is 21.9 Å². The lowest BCUT2D eigenvalue weighted by Gasteiger charge is -2.30. The lowest BCUT2D eigenvalue weighted by atomic mass is 10.0. The lowest BCUT2D eigenvalue weighted by molar-refractivity contribution is 0.0725. The summed E-state index contributed by atoms with van der Waals surface area (Å²) in [6.45, 7) is 0. The fourth-order valence-corrected chi connectivity index (χ4v) is 27.8. The molecule has 2 aliphatic heterocycles. The summed E-state index contributed by atoms with van der Waals surface area (Å²) in [6.07, 6.45) is 0. The fraction of sp³-hybridized carbons (Fsp3) is 0. The van der Waals surface area contributed by atoms with E-state index in [0.29, 0.717) is 60.5 Å². The summed E-state index contributed by atoms with van der Waals surface area (Å²) < 4.78 is 174. The van der Waals surface area contributed by atoms with Crippen LogP contribution in [0.2, 0.25) is 0 Å². The van der Waals surface area contributed by atoms with Crippen LogP contribution in [0, 0.1) is 0 Å². The maximum Gasteiger partial charge on any atom is 0.344 e. The average molecular weight is 1810 g/mol. The van der Waals surface area contributed by atoms with Crippen molar-refractivity contribution < 1.29 is 86.1 Å². The molecule has 0 radical (unpaired) electrons. The maximum atomic E-state index is 16.2. The van der Waals surface area contributed by atoms with Crippen molar-refractivity contribution >= 4 is 155 Å². The first-order chi connectivity index (χ1) is 62.5. The molecule has 0 fully saturated rings. The van der Waals surface area contributed by atoms with Gasteiger partial charge in [-0.1, -0.05) is 224 Å². The summed E-state index contributed by atoms with van der Waals surface area (Å²) in [5.74, 6) is -3.12. The van der Waals surface area contributed by atoms with Crippen molar-refractivity contribution in [2.75, 3.05) is 0 Å². The predicted octanol–water partition coefficient (Wildman–Crippen LogP) is 19.9. The summed E-state index contributed by atoms with van der Waals surface area (Å²) in [7, 11) is -25.8. The topological polar surface area (TPSA) is 277 Å². The molecule has 0 spiro atoms. The van der Waals surface area contributed by atoms with E-state index in [1.54, 1.807) is 182 Å². The van der Waals surface area contributed by atoms with Crippen molar-refractivity contribution in [2.45, 2.75) is 29.4 Å². The second-order valence-corrected chi connectivity index (χ2v) is 43.5. The molecule has 25 heteroatoms. The number of carbonyl (C=O) groups is 4. The first-order valence-corrected chi connectivity index (χ1v) is 49.7. The van der Waals surface area contributed by atoms with E-state index in [-0.39, 0.29) is 117 Å². The zero-order chi connectivity index (χ0) is 88.7. The van der Waals surface area contributed by atoms with Gasteiger partial charge in [0.1, 0.15) is 23.0 Å². The molecule has 20 rings (SSSR count). The lowest BCUT2D eigenvalue weighted by Crippen LogP contribution is -2.28. The molecule has 0 aliphatic carbocycles. The van der Waals surface area contributed by atoms with Gasteiger partial charge in [0.2, 0.25) is 29.5 Å². The first-order valence-electron chi connectivity index (χ1n) is 40.3. The Morgan fingerprint density at radius 3 is 0.953 bits per heavy atom. The standard InChI is InChI=1S/C104H65O19P3S3/c105-101(118-93-64-98(126(111)96-43-19-15-35-86(96)82-31-13-17-41-92(82)123-126)100(88-37-11-8-32-83(88)93)121-104(108)90-39-21-25-67-23-5-7-29-80(67)90)68-44-52-74(53-45-68)128(114,115)77-60-62-78(63-61-77)129(116,117)76-58-50-72(51-59-76)124(109,70-26-2-1-3-27-70)71-48-56-75(57-49-71)127(112,113)73-54-46-69(47-55-73)102(106)120-99-87-36-10-9-33-84(87)94(119-103(107)89-38-20-24-66-22-4-6-28-79(66)89)65-97(99)125(110)95-42-18-14-34-85(95)81-30-12-16-40-91(81)122-125/h1-65H. The van der Waals surface area contributed by atoms with Crippen LogP contribution in [-0.4, -0.2) is 49.1 Å². The van der Waals surface area contributed by atoms with Gasteiger partial charge in [-0.25, -0.2) is 44.4 Å². The van der Waals surface area contributed by atoms with E-state index in [1.807, 2.05) is 78.9 Å². The van der Waals surface area contributed by atoms with E-state index in [0.717, 1.165) is 35.0 Å². The van der Waals surface area contributed by atoms with E-state index in [1.165, 1.54) is 109 Å². The molecular weight excluding hydrogens is 1740 g/mol. The highest BCUT2D eigenvalue weighted by atomic mass is 32.2. The third-order valence-electron chi connectivity index (χ3n) is 23.0. The normalized spacial score (nSPS) is 15.0. The number of fused-ring (bicyclic) bond motifs is 10. The monoisotopic (exact) mass is 1810 g/mol. The van der Waals surface area contributed by atoms with Gasteiger partial charge in [-0.05, 0) is 203 Å². The highest BCUT2D eigenvalue weighted by molar-refractivity contribution is 7.92. The maximum absolute atomic E-state index is 16.2. The Kier molecular flexibility index (Phi) is 20.7. The zero-order valence-corrected chi connectivity index (χ0v) is 72.5.